The van der Waals surface area contributed by atoms with Crippen LogP contribution in [0.15, 0.2) is 52.6 Å². The molecule has 3 unspecified atom stereocenters. The number of likely N-dealkylation sites (tertiary alicyclic amines) is 1. The minimum absolute atomic E-state index is 0.170. The number of methoxy groups -OCH3 is 1. The number of fused-ring (bicyclic) bond motifs is 8. The van der Waals surface area contributed by atoms with Crippen molar-refractivity contribution < 1.29 is 22.7 Å². The Labute approximate surface area is 277 Å². The van der Waals surface area contributed by atoms with Crippen molar-refractivity contribution in [1.29, 1.82) is 0 Å². The second-order valence-corrected chi connectivity index (χ2v) is 16.6. The number of rotatable bonds is 6. The van der Waals surface area contributed by atoms with E-state index in [0.29, 0.717) is 24.5 Å². The lowest BCUT2D eigenvalue weighted by Gasteiger charge is -2.51. The Balaban J connectivity index is 1.30. The van der Waals surface area contributed by atoms with E-state index in [1.165, 1.54) is 31.7 Å². The summed E-state index contributed by atoms with van der Waals surface area (Å²) >= 11 is 0. The van der Waals surface area contributed by atoms with Crippen molar-refractivity contribution in [3.63, 3.8) is 0 Å². The molecule has 1 aromatic carbocycles. The zero-order chi connectivity index (χ0) is 32.6. The van der Waals surface area contributed by atoms with Crippen LogP contribution in [0.2, 0.25) is 0 Å². The molecule has 8 rings (SSSR count). The molecule has 0 radical (unpaired) electrons. The molecule has 2 aromatic rings. The molecule has 9 nitrogen and oxygen atoms in total. The van der Waals surface area contributed by atoms with Crippen molar-refractivity contribution in [2.75, 3.05) is 33.0 Å². The average Bonchev–Trinajstić information content (AvgIpc) is 3.70. The third-order valence-electron chi connectivity index (χ3n) is 11.8. The summed E-state index contributed by atoms with van der Waals surface area (Å²) in [5, 5.41) is 1.05. The molecule has 1 saturated carbocycles. The number of carbonyl (C=O) groups excluding carboxylic acids is 2. The van der Waals surface area contributed by atoms with E-state index in [-0.39, 0.29) is 35.6 Å². The Kier molecular flexibility index (Phi) is 7.67. The van der Waals surface area contributed by atoms with Crippen LogP contribution >= 0.6 is 0 Å². The number of nitrogens with one attached hydrogen (secondary N) is 1. The summed E-state index contributed by atoms with van der Waals surface area (Å²) < 4.78 is 35.6. The number of hydrogen-bond donors (Lipinski definition) is 1. The quantitative estimate of drug-likeness (QED) is 0.462. The zero-order valence-electron chi connectivity index (χ0n) is 27.8. The van der Waals surface area contributed by atoms with E-state index in [9.17, 15) is 18.0 Å². The number of piperidine rings is 1. The summed E-state index contributed by atoms with van der Waals surface area (Å²) in [6.07, 6.45) is 14.0. The van der Waals surface area contributed by atoms with Gasteiger partial charge >= 0.3 is 0 Å². The molecule has 1 N–H and O–H groups in total. The second kappa shape index (κ2) is 11.7. The maximum atomic E-state index is 14.9. The lowest BCUT2D eigenvalue weighted by atomic mass is 9.75. The lowest BCUT2D eigenvalue weighted by molar-refractivity contribution is -0.147. The fourth-order valence-electron chi connectivity index (χ4n) is 9.64. The third-order valence-corrected chi connectivity index (χ3v) is 13.1. The third kappa shape index (κ3) is 5.09. The minimum Gasteiger partial charge on any atom is -0.496 e. The fourth-order valence-corrected chi connectivity index (χ4v) is 10.2. The molecule has 3 aliphatic carbocycles. The van der Waals surface area contributed by atoms with Gasteiger partial charge in [-0.05, 0) is 92.8 Å². The molecular formula is C37H46N4O5S. The largest absolute Gasteiger partial charge is 0.496 e. The highest BCUT2D eigenvalue weighted by Crippen LogP contribution is 2.55. The molecule has 4 atom stereocenters. The van der Waals surface area contributed by atoms with Crippen LogP contribution in [0.4, 0.5) is 0 Å². The first kappa shape index (κ1) is 30.9. The number of hydrogen-bond acceptors (Lipinski definition) is 6. The summed E-state index contributed by atoms with van der Waals surface area (Å²) in [5.74, 6) is 0.144. The maximum Gasteiger partial charge on any atom is 0.265 e. The van der Waals surface area contributed by atoms with Crippen molar-refractivity contribution in [1.82, 2.24) is 19.1 Å². The van der Waals surface area contributed by atoms with Crippen LogP contribution in [-0.4, -0.2) is 79.7 Å². The van der Waals surface area contributed by atoms with Crippen molar-refractivity contribution in [3.8, 4) is 5.75 Å². The Morgan fingerprint density at radius 2 is 1.77 bits per heavy atom. The van der Waals surface area contributed by atoms with Gasteiger partial charge in [0.1, 0.15) is 5.75 Å². The van der Waals surface area contributed by atoms with Gasteiger partial charge in [0, 0.05) is 48.7 Å². The number of sulfonamides is 1. The molecule has 3 fully saturated rings. The first-order valence-corrected chi connectivity index (χ1v) is 19.3. The van der Waals surface area contributed by atoms with Gasteiger partial charge in [0.05, 0.1) is 29.9 Å². The molecular weight excluding hydrogens is 612 g/mol. The number of amides is 2. The molecule has 3 aliphatic heterocycles. The highest BCUT2D eigenvalue weighted by atomic mass is 32.2. The molecule has 6 aliphatic rings. The standard InChI is InChI=1S/C37H46N4O5S/c1-4-47(44,45)38-36(42)34-29-21-40-30(18-28-31(46-3)17-16-25(35(28)40)22-10-6-5-7-11-22)32-26(33(29)34)14-9-15-27(32)37(43)41-23-12-8-13-24(41)20-39(2)19-23/h9,14,16-18,22-24,27,32H,4-8,10-13,15,19-21H2,1-3H3,(H,38,42)/t23?,24?,27-,32?/m1/s1. The molecule has 0 spiro atoms. The van der Waals surface area contributed by atoms with E-state index < -0.39 is 15.9 Å². The van der Waals surface area contributed by atoms with E-state index in [2.05, 4.69) is 56.5 Å². The molecule has 10 heteroatoms. The SMILES string of the molecule is CCS(=O)(=O)NC(=O)C1=C2Cn3c(cc4c(OC)ccc(C5CCCCC5)c43)C3C(=C21)C=CC[C@H]3C(=O)N1C2CCCC1CN(C)C2. The first-order chi connectivity index (χ1) is 22.7. The number of carbonyl (C=O) groups is 2. The normalized spacial score (nSPS) is 27.7. The van der Waals surface area contributed by atoms with Crippen LogP contribution in [0, 0.1) is 5.92 Å². The van der Waals surface area contributed by atoms with E-state index >= 15 is 0 Å². The summed E-state index contributed by atoms with van der Waals surface area (Å²) in [6.45, 7) is 3.79. The highest BCUT2D eigenvalue weighted by molar-refractivity contribution is 7.90. The molecule has 4 heterocycles. The molecule has 1 aromatic heterocycles. The molecule has 47 heavy (non-hydrogen) atoms. The number of ether oxygens (including phenoxy) is 1. The molecule has 2 bridgehead atoms. The first-order valence-electron chi connectivity index (χ1n) is 17.6. The monoisotopic (exact) mass is 658 g/mol. The van der Waals surface area contributed by atoms with Crippen LogP contribution in [-0.2, 0) is 26.2 Å². The zero-order valence-corrected chi connectivity index (χ0v) is 28.6. The van der Waals surface area contributed by atoms with Crippen molar-refractivity contribution in [3.05, 3.63) is 63.9 Å². The number of nitrogens with zero attached hydrogens (tertiary/aromatic N) is 3. The van der Waals surface area contributed by atoms with Gasteiger partial charge in [-0.3, -0.25) is 9.59 Å². The van der Waals surface area contributed by atoms with Gasteiger partial charge in [0.2, 0.25) is 15.9 Å². The Hall–Kier alpha value is -3.37. The minimum atomic E-state index is -3.73. The highest BCUT2D eigenvalue weighted by Gasteiger charge is 2.50. The summed E-state index contributed by atoms with van der Waals surface area (Å²) in [4.78, 5) is 33.1. The summed E-state index contributed by atoms with van der Waals surface area (Å²) in [5.41, 5.74) is 6.66. The van der Waals surface area contributed by atoms with Crippen LogP contribution in [0.25, 0.3) is 10.9 Å². The van der Waals surface area contributed by atoms with Crippen LogP contribution < -0.4 is 9.46 Å². The van der Waals surface area contributed by atoms with Gasteiger partial charge in [-0.2, -0.15) is 0 Å². The summed E-state index contributed by atoms with van der Waals surface area (Å²) in [6, 6.07) is 7.00. The molecule has 2 saturated heterocycles. The summed E-state index contributed by atoms with van der Waals surface area (Å²) in [7, 11) is 0.136. The number of allylic oxidation sites excluding steroid dienone is 4. The average molecular weight is 659 g/mol. The van der Waals surface area contributed by atoms with Crippen molar-refractivity contribution in [2.45, 2.75) is 95.2 Å². The number of aromatic nitrogens is 1. The second-order valence-electron chi connectivity index (χ2n) is 14.6. The Morgan fingerprint density at radius 1 is 1.02 bits per heavy atom. The smallest absolute Gasteiger partial charge is 0.265 e. The van der Waals surface area contributed by atoms with Gasteiger partial charge in [-0.15, -0.1) is 0 Å². The van der Waals surface area contributed by atoms with E-state index in [0.717, 1.165) is 84.3 Å². The molecule has 250 valence electrons. The van der Waals surface area contributed by atoms with E-state index in [4.69, 9.17) is 4.74 Å². The number of piperazine rings is 1. The van der Waals surface area contributed by atoms with Crippen molar-refractivity contribution >= 4 is 32.7 Å². The predicted octanol–water partition coefficient (Wildman–Crippen LogP) is 5.14. The Bertz CT molecular complexity index is 1850. The Morgan fingerprint density at radius 3 is 2.47 bits per heavy atom. The van der Waals surface area contributed by atoms with Crippen LogP contribution in [0.3, 0.4) is 0 Å². The van der Waals surface area contributed by atoms with Gasteiger partial charge in [0.15, 0.2) is 0 Å². The molecule has 2 amide bonds. The van der Waals surface area contributed by atoms with Gasteiger partial charge in [-0.25, -0.2) is 13.1 Å². The van der Waals surface area contributed by atoms with Gasteiger partial charge in [-0.1, -0.05) is 37.5 Å². The van der Waals surface area contributed by atoms with Crippen molar-refractivity contribution in [2.24, 2.45) is 5.92 Å². The lowest BCUT2D eigenvalue weighted by Crippen LogP contribution is -2.63. The topological polar surface area (TPSA) is 101 Å². The maximum absolute atomic E-state index is 14.9. The number of benzene rings is 1. The van der Waals surface area contributed by atoms with E-state index in [1.807, 2.05) is 0 Å². The van der Waals surface area contributed by atoms with Gasteiger partial charge < -0.3 is 19.1 Å². The predicted molar refractivity (Wildman–Crippen MR) is 182 cm³/mol. The van der Waals surface area contributed by atoms with Gasteiger partial charge in [0.25, 0.3) is 5.91 Å². The van der Waals surface area contributed by atoms with E-state index in [1.54, 1.807) is 7.11 Å². The number of likely N-dealkylation sites (N-methyl/N-ethyl adjacent to an activating group) is 1. The van der Waals surface area contributed by atoms with Crippen LogP contribution in [0.1, 0.15) is 87.8 Å². The van der Waals surface area contributed by atoms with Crippen LogP contribution in [0.5, 0.6) is 5.75 Å². The fraction of sp³-hybridized carbons (Fsp3) is 0.568.